The lowest BCUT2D eigenvalue weighted by molar-refractivity contribution is -0.131. The van der Waals surface area contributed by atoms with Crippen LogP contribution in [0.3, 0.4) is 0 Å². The summed E-state index contributed by atoms with van der Waals surface area (Å²) in [6.45, 7) is 6.11. The van der Waals surface area contributed by atoms with Crippen molar-refractivity contribution in [1.29, 1.82) is 0 Å². The summed E-state index contributed by atoms with van der Waals surface area (Å²) in [5.74, 6) is -0.164. The van der Waals surface area contributed by atoms with Crippen molar-refractivity contribution in [2.24, 2.45) is 0 Å². The van der Waals surface area contributed by atoms with Gasteiger partial charge in [0.2, 0.25) is 5.91 Å². The van der Waals surface area contributed by atoms with E-state index in [9.17, 15) is 18.0 Å². The van der Waals surface area contributed by atoms with Gasteiger partial charge in [-0.25, -0.2) is 0 Å². The third-order valence-electron chi connectivity index (χ3n) is 2.70. The van der Waals surface area contributed by atoms with Crippen LogP contribution in [-0.4, -0.2) is 42.2 Å². The largest absolute Gasteiger partial charge is 0.412 e. The Morgan fingerprint density at radius 2 is 2.00 bits per heavy atom. The molecule has 0 fully saturated rings. The number of carbonyl (C=O) groups excluding carboxylic acids is 1. The Balaban J connectivity index is 2.48. The summed E-state index contributed by atoms with van der Waals surface area (Å²) < 4.78 is 37.2. The quantitative estimate of drug-likeness (QED) is 0.775. The normalized spacial score (nSPS) is 17.7. The summed E-state index contributed by atoms with van der Waals surface area (Å²) in [6.07, 6.45) is -3.29. The van der Waals surface area contributed by atoms with Crippen molar-refractivity contribution in [3.8, 4) is 0 Å². The maximum absolute atomic E-state index is 12.4. The highest BCUT2D eigenvalue weighted by molar-refractivity contribution is 5.78. The van der Waals surface area contributed by atoms with Crippen LogP contribution < -0.4 is 5.32 Å². The predicted molar refractivity (Wildman–Crippen MR) is 63.1 cm³/mol. The zero-order valence-corrected chi connectivity index (χ0v) is 10.9. The fourth-order valence-electron chi connectivity index (χ4n) is 1.61. The number of nitrogens with one attached hydrogen (secondary N) is 1. The van der Waals surface area contributed by atoms with Gasteiger partial charge < -0.3 is 10.2 Å². The first kappa shape index (κ1) is 15.0. The first-order chi connectivity index (χ1) is 8.09. The van der Waals surface area contributed by atoms with Crippen molar-refractivity contribution < 1.29 is 18.0 Å². The van der Waals surface area contributed by atoms with Gasteiger partial charge in [0, 0.05) is 24.2 Å². The Morgan fingerprint density at radius 3 is 2.39 bits per heavy atom. The molecule has 1 heterocycles. The van der Waals surface area contributed by atoms with Crippen molar-refractivity contribution in [2.45, 2.75) is 38.9 Å². The second-order valence-corrected chi connectivity index (χ2v) is 5.42. The summed E-state index contributed by atoms with van der Waals surface area (Å²) >= 11 is 0. The minimum Gasteiger partial charge on any atom is -0.338 e. The molecule has 104 valence electrons. The zero-order chi connectivity index (χ0) is 14.0. The molecule has 0 saturated heterocycles. The zero-order valence-electron chi connectivity index (χ0n) is 10.9. The maximum Gasteiger partial charge on any atom is 0.412 e. The molecule has 0 aromatic rings. The number of carbonyl (C=O) groups is 1. The van der Waals surface area contributed by atoms with Crippen LogP contribution in [0.15, 0.2) is 11.6 Å². The first-order valence-electron chi connectivity index (χ1n) is 5.88. The minimum absolute atomic E-state index is 0.0412. The van der Waals surface area contributed by atoms with E-state index in [0.29, 0.717) is 0 Å². The molecule has 1 aliphatic heterocycles. The highest BCUT2D eigenvalue weighted by Crippen LogP contribution is 2.30. The molecule has 0 saturated carbocycles. The van der Waals surface area contributed by atoms with Crippen molar-refractivity contribution >= 4 is 5.91 Å². The van der Waals surface area contributed by atoms with Gasteiger partial charge in [-0.05, 0) is 27.2 Å². The third-order valence-corrected chi connectivity index (χ3v) is 2.70. The average Bonchev–Trinajstić information content (AvgIpc) is 2.24. The smallest absolute Gasteiger partial charge is 0.338 e. The number of halogens is 3. The number of alkyl halides is 3. The molecule has 18 heavy (non-hydrogen) atoms. The molecule has 1 aliphatic rings. The van der Waals surface area contributed by atoms with Crippen LogP contribution in [0.25, 0.3) is 0 Å². The molecule has 0 atom stereocenters. The molecule has 0 unspecified atom stereocenters. The fourth-order valence-corrected chi connectivity index (χ4v) is 1.61. The first-order valence-corrected chi connectivity index (χ1v) is 5.88. The van der Waals surface area contributed by atoms with Gasteiger partial charge in [0.05, 0.1) is 6.54 Å². The summed E-state index contributed by atoms with van der Waals surface area (Å²) in [5.41, 5.74) is -0.714. The topological polar surface area (TPSA) is 32.3 Å². The van der Waals surface area contributed by atoms with E-state index in [1.807, 2.05) is 20.8 Å². The lowest BCUT2D eigenvalue weighted by Crippen LogP contribution is -2.46. The molecule has 0 aromatic carbocycles. The number of rotatable bonds is 2. The molecule has 1 rings (SSSR count). The third kappa shape index (κ3) is 4.68. The number of nitrogens with zero attached hydrogens (tertiary/aromatic N) is 1. The van der Waals surface area contributed by atoms with Crippen molar-refractivity contribution in [1.82, 2.24) is 10.2 Å². The summed E-state index contributed by atoms with van der Waals surface area (Å²) in [5, 5.41) is 3.03. The van der Waals surface area contributed by atoms with Gasteiger partial charge in [-0.15, -0.1) is 0 Å². The van der Waals surface area contributed by atoms with E-state index in [0.717, 1.165) is 6.08 Å². The standard InChI is InChI=1S/C12H19F3N2O/c1-11(2,3)16-8-10(18)17-6-4-9(5-7-17)12(13,14)15/h4,16H,5-8H2,1-3H3. The van der Waals surface area contributed by atoms with E-state index < -0.39 is 11.7 Å². The molecular formula is C12H19F3N2O. The van der Waals surface area contributed by atoms with Crippen LogP contribution in [0, 0.1) is 0 Å². The van der Waals surface area contributed by atoms with Gasteiger partial charge in [-0.1, -0.05) is 6.08 Å². The second-order valence-electron chi connectivity index (χ2n) is 5.42. The van der Waals surface area contributed by atoms with Crippen LogP contribution in [0.5, 0.6) is 0 Å². The van der Waals surface area contributed by atoms with E-state index in [1.54, 1.807) is 0 Å². The maximum atomic E-state index is 12.4. The van der Waals surface area contributed by atoms with Gasteiger partial charge >= 0.3 is 6.18 Å². The second kappa shape index (κ2) is 5.30. The van der Waals surface area contributed by atoms with Crippen LogP contribution in [0.4, 0.5) is 13.2 Å². The Bertz CT molecular complexity index is 342. The molecule has 3 nitrogen and oxygen atoms in total. The Kier molecular flexibility index (Phi) is 4.42. The number of hydrogen-bond acceptors (Lipinski definition) is 2. The predicted octanol–water partition coefficient (Wildman–Crippen LogP) is 2.10. The Hall–Kier alpha value is -1.04. The van der Waals surface area contributed by atoms with E-state index in [4.69, 9.17) is 0 Å². The lowest BCUT2D eigenvalue weighted by Gasteiger charge is -2.29. The van der Waals surface area contributed by atoms with E-state index in [2.05, 4.69) is 5.32 Å². The van der Waals surface area contributed by atoms with Crippen molar-refractivity contribution in [2.75, 3.05) is 19.6 Å². The summed E-state index contributed by atoms with van der Waals surface area (Å²) in [4.78, 5) is 13.2. The lowest BCUT2D eigenvalue weighted by atomic mass is 10.1. The Labute approximate surface area is 105 Å². The molecule has 0 aromatic heterocycles. The Morgan fingerprint density at radius 1 is 1.39 bits per heavy atom. The molecule has 6 heteroatoms. The minimum atomic E-state index is -4.27. The van der Waals surface area contributed by atoms with E-state index in [-0.39, 0.29) is 37.5 Å². The van der Waals surface area contributed by atoms with Crippen molar-refractivity contribution in [3.63, 3.8) is 0 Å². The molecular weight excluding hydrogens is 245 g/mol. The van der Waals surface area contributed by atoms with Gasteiger partial charge in [-0.3, -0.25) is 4.79 Å². The highest BCUT2D eigenvalue weighted by atomic mass is 19.4. The molecule has 1 amide bonds. The monoisotopic (exact) mass is 264 g/mol. The van der Waals surface area contributed by atoms with Gasteiger partial charge in [0.25, 0.3) is 0 Å². The molecule has 0 radical (unpaired) electrons. The van der Waals surface area contributed by atoms with Crippen LogP contribution >= 0.6 is 0 Å². The van der Waals surface area contributed by atoms with Crippen molar-refractivity contribution in [3.05, 3.63) is 11.6 Å². The number of hydrogen-bond donors (Lipinski definition) is 1. The average molecular weight is 264 g/mol. The van der Waals surface area contributed by atoms with Gasteiger partial charge in [-0.2, -0.15) is 13.2 Å². The SMILES string of the molecule is CC(C)(C)NCC(=O)N1CC=C(C(F)(F)F)CC1. The van der Waals surface area contributed by atoms with Crippen LogP contribution in [0.2, 0.25) is 0 Å². The van der Waals surface area contributed by atoms with Gasteiger partial charge in [0.1, 0.15) is 0 Å². The van der Waals surface area contributed by atoms with Crippen LogP contribution in [-0.2, 0) is 4.79 Å². The molecule has 0 spiro atoms. The molecule has 0 bridgehead atoms. The number of amides is 1. The molecule has 1 N–H and O–H groups in total. The highest BCUT2D eigenvalue weighted by Gasteiger charge is 2.35. The fraction of sp³-hybridized carbons (Fsp3) is 0.750. The molecule has 0 aliphatic carbocycles. The summed E-state index contributed by atoms with van der Waals surface area (Å²) in [6, 6.07) is 0. The van der Waals surface area contributed by atoms with Crippen LogP contribution in [0.1, 0.15) is 27.2 Å². The van der Waals surface area contributed by atoms with E-state index >= 15 is 0 Å². The van der Waals surface area contributed by atoms with E-state index in [1.165, 1.54) is 4.90 Å². The van der Waals surface area contributed by atoms with Gasteiger partial charge in [0.15, 0.2) is 0 Å². The summed E-state index contributed by atoms with van der Waals surface area (Å²) in [7, 11) is 0.